The molecular formula is C27H25FN4O2S. The molecule has 1 fully saturated rings. The Hall–Kier alpha value is -3.65. The highest BCUT2D eigenvalue weighted by molar-refractivity contribution is 7.99. The maximum Gasteiger partial charge on any atom is 0.266 e. The molecule has 0 saturated carbocycles. The van der Waals surface area contributed by atoms with E-state index < -0.39 is 5.82 Å². The van der Waals surface area contributed by atoms with Gasteiger partial charge in [0, 0.05) is 24.5 Å². The van der Waals surface area contributed by atoms with E-state index >= 15 is 0 Å². The van der Waals surface area contributed by atoms with Crippen molar-refractivity contribution in [1.82, 2.24) is 9.55 Å². The van der Waals surface area contributed by atoms with Crippen LogP contribution in [0.2, 0.25) is 0 Å². The number of thioether (sulfide) groups is 1. The first-order valence-electron chi connectivity index (χ1n) is 11.6. The van der Waals surface area contributed by atoms with Crippen LogP contribution in [0, 0.1) is 5.82 Å². The van der Waals surface area contributed by atoms with Crippen molar-refractivity contribution in [3.63, 3.8) is 0 Å². The standard InChI is InChI=1S/C27H25FN4O2S/c28-19-8-12-22(13-9-19)32-26(34)23-6-2-3-7-24(23)30-27(32)35-18-25(33)29-20-10-14-21(15-11-20)31-16-4-1-5-17-31/h2-3,6-15H,1,4-5,16-18H2,(H,29,33). The summed E-state index contributed by atoms with van der Waals surface area (Å²) in [6.07, 6.45) is 3.70. The average molecular weight is 489 g/mol. The van der Waals surface area contributed by atoms with Crippen molar-refractivity contribution in [2.24, 2.45) is 0 Å². The van der Waals surface area contributed by atoms with E-state index in [2.05, 4.69) is 15.2 Å². The van der Waals surface area contributed by atoms with E-state index in [0.29, 0.717) is 21.7 Å². The molecule has 2 heterocycles. The van der Waals surface area contributed by atoms with Gasteiger partial charge in [-0.1, -0.05) is 23.9 Å². The lowest BCUT2D eigenvalue weighted by atomic mass is 10.1. The van der Waals surface area contributed by atoms with Gasteiger partial charge >= 0.3 is 0 Å². The molecule has 5 rings (SSSR count). The highest BCUT2D eigenvalue weighted by Gasteiger charge is 2.15. The second kappa shape index (κ2) is 10.3. The molecule has 0 bridgehead atoms. The number of carbonyl (C=O) groups excluding carboxylic acids is 1. The van der Waals surface area contributed by atoms with Gasteiger partial charge in [-0.2, -0.15) is 0 Å². The number of anilines is 2. The number of piperidine rings is 1. The molecule has 0 radical (unpaired) electrons. The van der Waals surface area contributed by atoms with E-state index in [1.165, 1.54) is 65.5 Å². The van der Waals surface area contributed by atoms with Crippen LogP contribution in [0.25, 0.3) is 16.6 Å². The molecule has 0 spiro atoms. The monoisotopic (exact) mass is 488 g/mol. The maximum absolute atomic E-state index is 13.5. The van der Waals surface area contributed by atoms with Gasteiger partial charge in [0.2, 0.25) is 5.91 Å². The predicted octanol–water partition coefficient (Wildman–Crippen LogP) is 5.25. The second-order valence-corrected chi connectivity index (χ2v) is 9.40. The fourth-order valence-corrected chi connectivity index (χ4v) is 5.07. The largest absolute Gasteiger partial charge is 0.372 e. The lowest BCUT2D eigenvalue weighted by molar-refractivity contribution is -0.113. The van der Waals surface area contributed by atoms with Crippen LogP contribution in [-0.4, -0.2) is 34.3 Å². The van der Waals surface area contributed by atoms with Crippen molar-refractivity contribution >= 4 is 39.9 Å². The van der Waals surface area contributed by atoms with Crippen molar-refractivity contribution < 1.29 is 9.18 Å². The van der Waals surface area contributed by atoms with Crippen molar-refractivity contribution in [3.8, 4) is 5.69 Å². The Kier molecular flexibility index (Phi) is 6.81. The molecule has 1 N–H and O–H groups in total. The fraction of sp³-hybridized carbons (Fsp3) is 0.222. The van der Waals surface area contributed by atoms with Crippen LogP contribution >= 0.6 is 11.8 Å². The van der Waals surface area contributed by atoms with Gasteiger partial charge < -0.3 is 10.2 Å². The molecule has 4 aromatic rings. The van der Waals surface area contributed by atoms with Gasteiger partial charge in [-0.25, -0.2) is 9.37 Å². The van der Waals surface area contributed by atoms with Gasteiger partial charge in [0.25, 0.3) is 5.56 Å². The van der Waals surface area contributed by atoms with Crippen molar-refractivity contribution in [1.29, 1.82) is 0 Å². The molecule has 35 heavy (non-hydrogen) atoms. The number of para-hydroxylation sites is 1. The topological polar surface area (TPSA) is 67.2 Å². The molecule has 0 aliphatic carbocycles. The minimum Gasteiger partial charge on any atom is -0.372 e. The lowest BCUT2D eigenvalue weighted by Crippen LogP contribution is -2.29. The van der Waals surface area contributed by atoms with Crippen LogP contribution in [0.5, 0.6) is 0 Å². The first kappa shape index (κ1) is 23.1. The normalized spacial score (nSPS) is 13.7. The zero-order valence-electron chi connectivity index (χ0n) is 19.1. The van der Waals surface area contributed by atoms with Crippen molar-refractivity contribution in [2.75, 3.05) is 29.1 Å². The number of hydrogen-bond donors (Lipinski definition) is 1. The molecule has 178 valence electrons. The summed E-state index contributed by atoms with van der Waals surface area (Å²) >= 11 is 1.17. The Balaban J connectivity index is 1.33. The molecule has 1 aromatic heterocycles. The van der Waals surface area contributed by atoms with Gasteiger partial charge in [-0.15, -0.1) is 0 Å². The number of aromatic nitrogens is 2. The maximum atomic E-state index is 13.5. The van der Waals surface area contributed by atoms with E-state index in [1.54, 1.807) is 18.2 Å². The highest BCUT2D eigenvalue weighted by Crippen LogP contribution is 2.24. The molecular weight excluding hydrogens is 463 g/mol. The molecule has 6 nitrogen and oxygen atoms in total. The van der Waals surface area contributed by atoms with Crippen LogP contribution in [0.3, 0.4) is 0 Å². The minimum absolute atomic E-state index is 0.0693. The third kappa shape index (κ3) is 5.22. The first-order chi connectivity index (χ1) is 17.1. The number of nitrogens with zero attached hydrogens (tertiary/aromatic N) is 3. The van der Waals surface area contributed by atoms with Crippen LogP contribution < -0.4 is 15.8 Å². The van der Waals surface area contributed by atoms with E-state index in [1.807, 2.05) is 30.3 Å². The molecule has 3 aromatic carbocycles. The first-order valence-corrected chi connectivity index (χ1v) is 12.6. The number of nitrogens with one attached hydrogen (secondary N) is 1. The van der Waals surface area contributed by atoms with Gasteiger partial charge in [0.05, 0.1) is 22.3 Å². The van der Waals surface area contributed by atoms with Crippen molar-refractivity contribution in [3.05, 3.63) is 89.0 Å². The second-order valence-electron chi connectivity index (χ2n) is 8.46. The van der Waals surface area contributed by atoms with E-state index in [4.69, 9.17) is 0 Å². The number of carbonyl (C=O) groups is 1. The average Bonchev–Trinajstić information content (AvgIpc) is 2.89. The summed E-state index contributed by atoms with van der Waals surface area (Å²) in [6, 6.07) is 20.6. The van der Waals surface area contributed by atoms with E-state index in [9.17, 15) is 14.0 Å². The smallest absolute Gasteiger partial charge is 0.266 e. The Morgan fingerprint density at radius 2 is 1.60 bits per heavy atom. The quantitative estimate of drug-likeness (QED) is 0.297. The summed E-state index contributed by atoms with van der Waals surface area (Å²) in [7, 11) is 0. The van der Waals surface area contributed by atoms with E-state index in [-0.39, 0.29) is 17.2 Å². The minimum atomic E-state index is -0.393. The summed E-state index contributed by atoms with van der Waals surface area (Å²) in [4.78, 5) is 32.9. The Bertz CT molecular complexity index is 1400. The molecule has 1 amide bonds. The molecule has 1 saturated heterocycles. The molecule has 8 heteroatoms. The van der Waals surface area contributed by atoms with Gasteiger partial charge in [0.1, 0.15) is 5.82 Å². The Morgan fingerprint density at radius 1 is 0.914 bits per heavy atom. The van der Waals surface area contributed by atoms with Crippen LogP contribution in [0.15, 0.2) is 82.7 Å². The Morgan fingerprint density at radius 3 is 2.34 bits per heavy atom. The zero-order chi connectivity index (χ0) is 24.2. The van der Waals surface area contributed by atoms with Gasteiger partial charge in [0.15, 0.2) is 5.16 Å². The number of benzene rings is 3. The zero-order valence-corrected chi connectivity index (χ0v) is 19.9. The number of halogens is 1. The highest BCUT2D eigenvalue weighted by atomic mass is 32.2. The summed E-state index contributed by atoms with van der Waals surface area (Å²) in [5, 5.41) is 3.75. The summed E-state index contributed by atoms with van der Waals surface area (Å²) in [5.74, 6) is -0.524. The van der Waals surface area contributed by atoms with Crippen LogP contribution in [0.1, 0.15) is 19.3 Å². The molecule has 0 atom stereocenters. The lowest BCUT2D eigenvalue weighted by Gasteiger charge is -2.28. The van der Waals surface area contributed by atoms with E-state index in [0.717, 1.165) is 18.8 Å². The molecule has 1 aliphatic rings. The SMILES string of the molecule is O=C(CSc1nc2ccccc2c(=O)n1-c1ccc(F)cc1)Nc1ccc(N2CCCCC2)cc1. The van der Waals surface area contributed by atoms with Gasteiger partial charge in [-0.3, -0.25) is 14.2 Å². The third-order valence-corrected chi connectivity index (χ3v) is 6.97. The van der Waals surface area contributed by atoms with Crippen LogP contribution in [-0.2, 0) is 4.79 Å². The summed E-state index contributed by atoms with van der Waals surface area (Å²) in [5.41, 5.74) is 2.66. The predicted molar refractivity (Wildman–Crippen MR) is 139 cm³/mol. The fourth-order valence-electron chi connectivity index (χ4n) is 4.26. The molecule has 0 unspecified atom stereocenters. The number of rotatable bonds is 6. The van der Waals surface area contributed by atoms with Crippen LogP contribution in [0.4, 0.5) is 15.8 Å². The van der Waals surface area contributed by atoms with Crippen molar-refractivity contribution in [2.45, 2.75) is 24.4 Å². The summed E-state index contributed by atoms with van der Waals surface area (Å²) < 4.78 is 14.9. The Labute approximate surface area is 206 Å². The number of hydrogen-bond acceptors (Lipinski definition) is 5. The third-order valence-electron chi connectivity index (χ3n) is 6.03. The molecule has 1 aliphatic heterocycles. The number of amides is 1. The summed E-state index contributed by atoms with van der Waals surface area (Å²) in [6.45, 7) is 2.13. The number of fused-ring (bicyclic) bond motifs is 1. The van der Waals surface area contributed by atoms with Gasteiger partial charge in [-0.05, 0) is 79.9 Å².